The Kier molecular flexibility index (Phi) is 5.45. The molecule has 2 amide bonds. The number of hydrazone groups is 1. The first-order valence-electron chi connectivity index (χ1n) is 10.5. The predicted molar refractivity (Wildman–Crippen MR) is 134 cm³/mol. The maximum absolute atomic E-state index is 12.5. The average molecular weight is 448 g/mol. The molecule has 0 aliphatic rings. The van der Waals surface area contributed by atoms with Crippen LogP contribution in [0.2, 0.25) is 0 Å². The number of para-hydroxylation sites is 3. The van der Waals surface area contributed by atoms with Crippen molar-refractivity contribution in [3.05, 3.63) is 102 Å². The highest BCUT2D eigenvalue weighted by atomic mass is 16.2. The number of nitrogens with one attached hydrogen (secondary N) is 3. The van der Waals surface area contributed by atoms with Crippen LogP contribution in [0.25, 0.3) is 21.8 Å². The van der Waals surface area contributed by atoms with Gasteiger partial charge in [0, 0.05) is 21.9 Å². The number of carbonyl (C=O) groups is 2. The van der Waals surface area contributed by atoms with E-state index in [0.29, 0.717) is 16.9 Å². The number of pyridine rings is 1. The van der Waals surface area contributed by atoms with Crippen molar-refractivity contribution < 1.29 is 9.59 Å². The second-order valence-electron chi connectivity index (χ2n) is 7.65. The molecule has 0 aliphatic carbocycles. The van der Waals surface area contributed by atoms with Crippen LogP contribution >= 0.6 is 0 Å². The van der Waals surface area contributed by atoms with E-state index in [-0.39, 0.29) is 11.6 Å². The van der Waals surface area contributed by atoms with E-state index in [4.69, 9.17) is 5.73 Å². The van der Waals surface area contributed by atoms with Gasteiger partial charge in [0.2, 0.25) is 0 Å². The van der Waals surface area contributed by atoms with E-state index in [0.717, 1.165) is 27.4 Å². The molecule has 2 heterocycles. The molecule has 0 saturated heterocycles. The van der Waals surface area contributed by atoms with E-state index >= 15 is 0 Å². The van der Waals surface area contributed by atoms with Gasteiger partial charge in [-0.2, -0.15) is 5.10 Å². The van der Waals surface area contributed by atoms with Crippen LogP contribution in [0.1, 0.15) is 26.4 Å². The zero-order chi connectivity index (χ0) is 23.5. The van der Waals surface area contributed by atoms with Crippen LogP contribution in [0.15, 0.2) is 90.2 Å². The molecule has 0 atom stereocenters. The molecule has 5 N–H and O–H groups in total. The summed E-state index contributed by atoms with van der Waals surface area (Å²) in [5.41, 5.74) is 12.7. The molecule has 0 spiro atoms. The summed E-state index contributed by atoms with van der Waals surface area (Å²) in [6.45, 7) is 0. The van der Waals surface area contributed by atoms with Crippen LogP contribution < -0.4 is 16.5 Å². The van der Waals surface area contributed by atoms with Crippen LogP contribution in [-0.2, 0) is 0 Å². The van der Waals surface area contributed by atoms with Gasteiger partial charge in [0.05, 0.1) is 29.3 Å². The Hall–Kier alpha value is -4.98. The molecule has 0 unspecified atom stereocenters. The summed E-state index contributed by atoms with van der Waals surface area (Å²) in [5, 5.41) is 8.74. The number of carbonyl (C=O) groups excluding carboxylic acids is 2. The largest absolute Gasteiger partial charge is 0.397 e. The molecular formula is C26H20N6O2. The van der Waals surface area contributed by atoms with E-state index in [1.54, 1.807) is 60.8 Å². The van der Waals surface area contributed by atoms with Crippen molar-refractivity contribution in [1.29, 1.82) is 0 Å². The van der Waals surface area contributed by atoms with Crippen LogP contribution in [0.5, 0.6) is 0 Å². The lowest BCUT2D eigenvalue weighted by atomic mass is 10.1. The Labute approximate surface area is 194 Å². The number of nitrogens with zero attached hydrogens (tertiary/aromatic N) is 2. The number of amides is 2. The predicted octanol–water partition coefficient (Wildman–Crippen LogP) is 4.31. The van der Waals surface area contributed by atoms with Gasteiger partial charge in [0.1, 0.15) is 5.69 Å². The number of hydrogen-bond donors (Lipinski definition) is 4. The van der Waals surface area contributed by atoms with Crippen molar-refractivity contribution in [3.8, 4) is 0 Å². The molecule has 0 saturated carbocycles. The van der Waals surface area contributed by atoms with E-state index in [1.165, 1.54) is 6.21 Å². The van der Waals surface area contributed by atoms with Gasteiger partial charge in [0.15, 0.2) is 0 Å². The van der Waals surface area contributed by atoms with Gasteiger partial charge < -0.3 is 16.0 Å². The van der Waals surface area contributed by atoms with Gasteiger partial charge in [-0.05, 0) is 42.0 Å². The van der Waals surface area contributed by atoms with Gasteiger partial charge in [-0.3, -0.25) is 9.59 Å². The molecule has 8 heteroatoms. The molecule has 8 nitrogen and oxygen atoms in total. The Morgan fingerprint density at radius 2 is 1.65 bits per heavy atom. The van der Waals surface area contributed by atoms with E-state index in [2.05, 4.69) is 25.8 Å². The van der Waals surface area contributed by atoms with Crippen LogP contribution in [0.4, 0.5) is 11.4 Å². The van der Waals surface area contributed by atoms with Crippen molar-refractivity contribution in [2.75, 3.05) is 11.1 Å². The zero-order valence-electron chi connectivity index (χ0n) is 17.9. The van der Waals surface area contributed by atoms with Gasteiger partial charge in [-0.15, -0.1) is 0 Å². The number of nitrogens with two attached hydrogens (primary N) is 1. The standard InChI is InChI=1S/C26H20N6O2/c27-20-6-2-4-8-22(20)31-25(33)17-11-9-16(10-12-17)14-29-32-26(34)23-13-19-18-5-1-3-7-21(18)30-24(19)15-28-23/h1-15,30H,27H2,(H,31,33)(H,32,34)/b29-14+. The topological polar surface area (TPSA) is 125 Å². The number of benzene rings is 3. The van der Waals surface area contributed by atoms with Crippen molar-refractivity contribution in [3.63, 3.8) is 0 Å². The second-order valence-corrected chi connectivity index (χ2v) is 7.65. The minimum atomic E-state index is -0.417. The van der Waals surface area contributed by atoms with E-state index in [9.17, 15) is 9.59 Å². The lowest BCUT2D eigenvalue weighted by molar-refractivity contribution is 0.0949. The number of rotatable bonds is 5. The number of hydrogen-bond acceptors (Lipinski definition) is 5. The minimum absolute atomic E-state index is 0.265. The van der Waals surface area contributed by atoms with Gasteiger partial charge in [-0.1, -0.05) is 42.5 Å². The smallest absolute Gasteiger partial charge is 0.289 e. The molecule has 34 heavy (non-hydrogen) atoms. The summed E-state index contributed by atoms with van der Waals surface area (Å²) in [6.07, 6.45) is 3.14. The van der Waals surface area contributed by atoms with Crippen molar-refractivity contribution >= 4 is 51.2 Å². The van der Waals surface area contributed by atoms with Crippen LogP contribution in [0, 0.1) is 0 Å². The fourth-order valence-electron chi connectivity index (χ4n) is 3.62. The third kappa shape index (κ3) is 4.20. The molecule has 0 aliphatic heterocycles. The highest BCUT2D eigenvalue weighted by molar-refractivity contribution is 6.09. The summed E-state index contributed by atoms with van der Waals surface area (Å²) in [6, 6.07) is 23.5. The van der Waals surface area contributed by atoms with Crippen molar-refractivity contribution in [2.45, 2.75) is 0 Å². The van der Waals surface area contributed by atoms with Gasteiger partial charge >= 0.3 is 0 Å². The fraction of sp³-hybridized carbons (Fsp3) is 0. The number of anilines is 2. The lowest BCUT2D eigenvalue weighted by Gasteiger charge is -2.07. The third-order valence-corrected chi connectivity index (χ3v) is 5.38. The highest BCUT2D eigenvalue weighted by Gasteiger charge is 2.11. The first kappa shape index (κ1) is 20.9. The summed E-state index contributed by atoms with van der Waals surface area (Å²) in [5.74, 6) is -0.687. The second kappa shape index (κ2) is 8.87. The van der Waals surface area contributed by atoms with Gasteiger partial charge in [-0.25, -0.2) is 10.4 Å². The maximum atomic E-state index is 12.5. The van der Waals surface area contributed by atoms with Crippen LogP contribution in [-0.4, -0.2) is 28.0 Å². The SMILES string of the molecule is Nc1ccccc1NC(=O)c1ccc(/C=N/NC(=O)c2cc3c(cn2)[nH]c2ccccc23)cc1. The Morgan fingerprint density at radius 1 is 0.882 bits per heavy atom. The Balaban J connectivity index is 1.24. The summed E-state index contributed by atoms with van der Waals surface area (Å²) in [4.78, 5) is 32.5. The summed E-state index contributed by atoms with van der Waals surface area (Å²) >= 11 is 0. The highest BCUT2D eigenvalue weighted by Crippen LogP contribution is 2.25. The molecule has 5 rings (SSSR count). The molecule has 166 valence electrons. The number of aromatic nitrogens is 2. The lowest BCUT2D eigenvalue weighted by Crippen LogP contribution is -2.18. The average Bonchev–Trinajstić information content (AvgIpc) is 3.24. The van der Waals surface area contributed by atoms with E-state index < -0.39 is 5.91 Å². The van der Waals surface area contributed by atoms with Gasteiger partial charge in [0.25, 0.3) is 11.8 Å². The zero-order valence-corrected chi connectivity index (χ0v) is 17.9. The molecule has 0 bridgehead atoms. The summed E-state index contributed by atoms with van der Waals surface area (Å²) < 4.78 is 0. The molecule has 2 aromatic heterocycles. The first-order valence-corrected chi connectivity index (χ1v) is 10.5. The first-order chi connectivity index (χ1) is 16.6. The van der Waals surface area contributed by atoms with Crippen molar-refractivity contribution in [2.24, 2.45) is 5.10 Å². The number of nitrogen functional groups attached to an aromatic ring is 1. The number of fused-ring (bicyclic) bond motifs is 3. The third-order valence-electron chi connectivity index (χ3n) is 5.38. The van der Waals surface area contributed by atoms with Crippen LogP contribution in [0.3, 0.4) is 0 Å². The minimum Gasteiger partial charge on any atom is -0.397 e. The fourth-order valence-corrected chi connectivity index (χ4v) is 3.62. The quantitative estimate of drug-likeness (QED) is 0.182. The summed E-state index contributed by atoms with van der Waals surface area (Å²) in [7, 11) is 0. The number of H-pyrrole nitrogens is 1. The normalized spacial score (nSPS) is 11.2. The maximum Gasteiger partial charge on any atom is 0.289 e. The number of aromatic amines is 1. The Morgan fingerprint density at radius 3 is 2.47 bits per heavy atom. The Bertz CT molecular complexity index is 1550. The molecule has 0 fully saturated rings. The monoisotopic (exact) mass is 448 g/mol. The molecular weight excluding hydrogens is 428 g/mol. The molecule has 3 aromatic carbocycles. The van der Waals surface area contributed by atoms with Crippen molar-refractivity contribution in [1.82, 2.24) is 15.4 Å². The van der Waals surface area contributed by atoms with E-state index in [1.807, 2.05) is 24.3 Å². The molecule has 0 radical (unpaired) electrons. The molecule has 5 aromatic rings.